The number of hydrazine groups is 1. The van der Waals surface area contributed by atoms with Crippen molar-refractivity contribution in [3.05, 3.63) is 59.9 Å². The summed E-state index contributed by atoms with van der Waals surface area (Å²) in [5.41, 5.74) is 4.23. The van der Waals surface area contributed by atoms with E-state index in [9.17, 15) is 27.2 Å². The molecule has 0 bridgehead atoms. The molecule has 7 nitrogen and oxygen atoms in total. The van der Waals surface area contributed by atoms with Gasteiger partial charge in [-0.3, -0.25) is 25.4 Å². The van der Waals surface area contributed by atoms with Gasteiger partial charge in [-0.2, -0.15) is 17.6 Å². The summed E-state index contributed by atoms with van der Waals surface area (Å²) in [7, 11) is 0. The summed E-state index contributed by atoms with van der Waals surface area (Å²) < 4.78 is 57.8. The van der Waals surface area contributed by atoms with Crippen LogP contribution >= 0.6 is 0 Å². The number of pyridine rings is 1. The van der Waals surface area contributed by atoms with Gasteiger partial charge in [-0.05, 0) is 30.3 Å². The van der Waals surface area contributed by atoms with Crippen LogP contribution < -0.4 is 20.3 Å². The molecule has 0 fully saturated rings. The van der Waals surface area contributed by atoms with E-state index in [0.29, 0.717) is 0 Å². The predicted molar refractivity (Wildman–Crippen MR) is 88.6 cm³/mol. The van der Waals surface area contributed by atoms with Crippen LogP contribution in [-0.2, 0) is 4.79 Å². The maximum absolute atomic E-state index is 12.5. The Kier molecular flexibility index (Phi) is 7.31. The van der Waals surface area contributed by atoms with E-state index in [1.54, 1.807) is 12.1 Å². The Hall–Kier alpha value is -3.63. The predicted octanol–water partition coefficient (Wildman–Crippen LogP) is 2.76. The lowest BCUT2D eigenvalue weighted by molar-refractivity contribution is -0.117. The molecule has 0 radical (unpaired) electrons. The molecule has 0 saturated heterocycles. The van der Waals surface area contributed by atoms with Crippen molar-refractivity contribution >= 4 is 17.9 Å². The van der Waals surface area contributed by atoms with Crippen molar-refractivity contribution in [2.75, 3.05) is 0 Å². The highest BCUT2D eigenvalue weighted by Gasteiger charge is 2.12. The number of nitrogens with zero attached hydrogens (tertiary/aromatic N) is 1. The highest BCUT2D eigenvalue weighted by Crippen LogP contribution is 2.28. The largest absolute Gasteiger partial charge is 0.435 e. The second-order valence-corrected chi connectivity index (χ2v) is 4.95. The van der Waals surface area contributed by atoms with Crippen LogP contribution in [0.1, 0.15) is 16.1 Å². The van der Waals surface area contributed by atoms with Gasteiger partial charge in [0.05, 0.1) is 0 Å². The Balaban J connectivity index is 2.02. The van der Waals surface area contributed by atoms with Crippen LogP contribution in [0, 0.1) is 0 Å². The zero-order valence-electron chi connectivity index (χ0n) is 13.9. The molecule has 2 rings (SSSR count). The molecule has 0 aliphatic carbocycles. The lowest BCUT2D eigenvalue weighted by atomic mass is 10.1. The van der Waals surface area contributed by atoms with Gasteiger partial charge in [0.25, 0.3) is 11.8 Å². The molecular weight excluding hydrogens is 386 g/mol. The highest BCUT2D eigenvalue weighted by atomic mass is 19.3. The molecular formula is C17H13F4N3O4. The second-order valence-electron chi connectivity index (χ2n) is 4.95. The molecule has 1 heterocycles. The van der Waals surface area contributed by atoms with E-state index in [-0.39, 0.29) is 11.3 Å². The van der Waals surface area contributed by atoms with Crippen molar-refractivity contribution < 1.29 is 36.6 Å². The molecule has 1 aromatic carbocycles. The Labute approximate surface area is 155 Å². The van der Waals surface area contributed by atoms with Crippen LogP contribution in [0.25, 0.3) is 6.08 Å². The fourth-order valence-corrected chi connectivity index (χ4v) is 1.91. The zero-order valence-corrected chi connectivity index (χ0v) is 13.9. The van der Waals surface area contributed by atoms with E-state index in [2.05, 4.69) is 25.3 Å². The summed E-state index contributed by atoms with van der Waals surface area (Å²) in [6, 6.07) is 7.67. The fraction of sp³-hybridized carbons (Fsp3) is 0.118. The van der Waals surface area contributed by atoms with Crippen LogP contribution in [-0.4, -0.2) is 30.0 Å². The number of hydrogen-bond acceptors (Lipinski definition) is 5. The number of nitrogens with one attached hydrogen (secondary N) is 2. The molecule has 2 amide bonds. The summed E-state index contributed by atoms with van der Waals surface area (Å²) in [6.45, 7) is -6.37. The number of halogens is 4. The SMILES string of the molecule is O=C(/C=C/c1ccc(OC(F)F)cc1OC(F)F)NNC(=O)c1ccccn1. The Morgan fingerprint density at radius 2 is 1.75 bits per heavy atom. The molecule has 0 unspecified atom stereocenters. The minimum atomic E-state index is -3.22. The Morgan fingerprint density at radius 3 is 2.39 bits per heavy atom. The number of carbonyl (C=O) groups excluding carboxylic acids is 2. The smallest absolute Gasteiger partial charge is 0.387 e. The molecule has 0 saturated carbocycles. The molecule has 1 aromatic heterocycles. The number of hydrogen-bond donors (Lipinski definition) is 2. The monoisotopic (exact) mass is 399 g/mol. The molecule has 2 aromatic rings. The highest BCUT2D eigenvalue weighted by molar-refractivity contribution is 5.97. The van der Waals surface area contributed by atoms with Gasteiger partial charge in [-0.15, -0.1) is 0 Å². The number of amides is 2. The van der Waals surface area contributed by atoms with Gasteiger partial charge >= 0.3 is 13.2 Å². The molecule has 28 heavy (non-hydrogen) atoms. The lowest BCUT2D eigenvalue weighted by Gasteiger charge is -2.11. The van der Waals surface area contributed by atoms with E-state index < -0.39 is 36.5 Å². The third-order valence-electron chi connectivity index (χ3n) is 3.04. The van der Waals surface area contributed by atoms with E-state index in [4.69, 9.17) is 0 Å². The van der Waals surface area contributed by atoms with Crippen molar-refractivity contribution in [3.63, 3.8) is 0 Å². The molecule has 0 spiro atoms. The maximum atomic E-state index is 12.5. The molecule has 148 valence electrons. The number of rotatable bonds is 7. The van der Waals surface area contributed by atoms with Crippen LogP contribution in [0.15, 0.2) is 48.7 Å². The summed E-state index contributed by atoms with van der Waals surface area (Å²) in [6.07, 6.45) is 3.40. The van der Waals surface area contributed by atoms with Crippen molar-refractivity contribution in [2.45, 2.75) is 13.2 Å². The second kappa shape index (κ2) is 9.90. The number of benzene rings is 1. The Bertz CT molecular complexity index is 848. The van der Waals surface area contributed by atoms with Gasteiger partial charge in [0, 0.05) is 23.9 Å². The number of carbonyl (C=O) groups is 2. The number of ether oxygens (including phenoxy) is 2. The number of alkyl halides is 4. The van der Waals surface area contributed by atoms with Crippen molar-refractivity contribution in [3.8, 4) is 11.5 Å². The first kappa shape index (κ1) is 20.7. The lowest BCUT2D eigenvalue weighted by Crippen LogP contribution is -2.41. The first-order valence-corrected chi connectivity index (χ1v) is 7.58. The third-order valence-corrected chi connectivity index (χ3v) is 3.04. The summed E-state index contributed by atoms with van der Waals surface area (Å²) in [4.78, 5) is 27.3. The van der Waals surface area contributed by atoms with E-state index in [0.717, 1.165) is 30.4 Å². The average molecular weight is 399 g/mol. The van der Waals surface area contributed by atoms with Crippen LogP contribution in [0.2, 0.25) is 0 Å². The van der Waals surface area contributed by atoms with Gasteiger partial charge in [0.2, 0.25) is 0 Å². The zero-order chi connectivity index (χ0) is 20.5. The van der Waals surface area contributed by atoms with Crippen molar-refractivity contribution in [2.24, 2.45) is 0 Å². The average Bonchev–Trinajstić information content (AvgIpc) is 2.65. The topological polar surface area (TPSA) is 89.5 Å². The van der Waals surface area contributed by atoms with E-state index in [1.165, 1.54) is 12.3 Å². The normalized spacial score (nSPS) is 10.9. The van der Waals surface area contributed by atoms with Gasteiger partial charge in [0.15, 0.2) is 0 Å². The minimum absolute atomic E-state index is 0.00637. The number of aromatic nitrogens is 1. The van der Waals surface area contributed by atoms with Crippen molar-refractivity contribution in [1.29, 1.82) is 0 Å². The summed E-state index contributed by atoms with van der Waals surface area (Å²) in [5, 5.41) is 0. The molecule has 0 aliphatic rings. The van der Waals surface area contributed by atoms with Crippen LogP contribution in [0.3, 0.4) is 0 Å². The molecule has 11 heteroatoms. The van der Waals surface area contributed by atoms with E-state index in [1.807, 2.05) is 0 Å². The first-order chi connectivity index (χ1) is 13.3. The molecule has 0 aliphatic heterocycles. The quantitative estimate of drug-likeness (QED) is 0.425. The minimum Gasteiger partial charge on any atom is -0.435 e. The van der Waals surface area contributed by atoms with E-state index >= 15 is 0 Å². The standard InChI is InChI=1S/C17H13F4N3O4/c18-16(19)27-11-6-4-10(13(9-11)28-17(20)21)5-7-14(25)23-24-15(26)12-3-1-2-8-22-12/h1-9,16-17H,(H,23,25)(H,24,26)/b7-5+. The maximum Gasteiger partial charge on any atom is 0.387 e. The van der Waals surface area contributed by atoms with Crippen LogP contribution in [0.5, 0.6) is 11.5 Å². The van der Waals surface area contributed by atoms with Gasteiger partial charge in [0.1, 0.15) is 17.2 Å². The first-order valence-electron chi connectivity index (χ1n) is 7.58. The molecule has 0 atom stereocenters. The molecule has 2 N–H and O–H groups in total. The van der Waals surface area contributed by atoms with Gasteiger partial charge < -0.3 is 9.47 Å². The van der Waals surface area contributed by atoms with Crippen LogP contribution in [0.4, 0.5) is 17.6 Å². The third kappa shape index (κ3) is 6.59. The summed E-state index contributed by atoms with van der Waals surface area (Å²) in [5.74, 6) is -2.33. The van der Waals surface area contributed by atoms with Gasteiger partial charge in [-0.1, -0.05) is 6.07 Å². The fourth-order valence-electron chi connectivity index (χ4n) is 1.91. The van der Waals surface area contributed by atoms with Gasteiger partial charge in [-0.25, -0.2) is 0 Å². The summed E-state index contributed by atoms with van der Waals surface area (Å²) >= 11 is 0. The van der Waals surface area contributed by atoms with Crippen molar-refractivity contribution in [1.82, 2.24) is 15.8 Å². The Morgan fingerprint density at radius 1 is 1.00 bits per heavy atom.